The maximum Gasteiger partial charge on any atom is 0.231 e. The molecule has 18 heavy (non-hydrogen) atoms. The number of hydrogen-bond acceptors (Lipinski definition) is 5. The van der Waals surface area contributed by atoms with Crippen LogP contribution in [0.5, 0.6) is 0 Å². The van der Waals surface area contributed by atoms with E-state index in [1.165, 1.54) is 0 Å². The van der Waals surface area contributed by atoms with E-state index < -0.39 is 0 Å². The van der Waals surface area contributed by atoms with E-state index in [1.54, 1.807) is 0 Å². The minimum absolute atomic E-state index is 0.273. The highest BCUT2D eigenvalue weighted by atomic mass is 32.2. The summed E-state index contributed by atoms with van der Waals surface area (Å²) in [6.07, 6.45) is 2.22. The van der Waals surface area contributed by atoms with Gasteiger partial charge in [-0.2, -0.15) is 16.7 Å². The molecule has 0 bridgehead atoms. The van der Waals surface area contributed by atoms with Crippen molar-refractivity contribution in [3.8, 4) is 0 Å². The fourth-order valence-corrected chi connectivity index (χ4v) is 2.38. The largest absolute Gasteiger partial charge is 0.339 e. The summed E-state index contributed by atoms with van der Waals surface area (Å²) in [5.74, 6) is 3.77. The van der Waals surface area contributed by atoms with Crippen molar-refractivity contribution in [2.75, 3.05) is 12.3 Å². The fraction of sp³-hybridized carbons (Fsp3) is 0.846. The molecule has 1 aromatic rings. The van der Waals surface area contributed by atoms with Crippen molar-refractivity contribution in [3.63, 3.8) is 0 Å². The molecule has 2 unspecified atom stereocenters. The highest BCUT2D eigenvalue weighted by Crippen LogP contribution is 2.20. The van der Waals surface area contributed by atoms with Crippen LogP contribution in [-0.2, 0) is 5.75 Å². The molecule has 0 amide bonds. The predicted molar refractivity (Wildman–Crippen MR) is 76.9 cm³/mol. The minimum atomic E-state index is 0.273. The van der Waals surface area contributed by atoms with Gasteiger partial charge in [-0.3, -0.25) is 0 Å². The van der Waals surface area contributed by atoms with Crippen LogP contribution in [-0.4, -0.2) is 28.5 Å². The van der Waals surface area contributed by atoms with E-state index in [1.807, 2.05) is 11.8 Å². The predicted octanol–water partition coefficient (Wildman–Crippen LogP) is 3.20. The van der Waals surface area contributed by atoms with E-state index in [0.29, 0.717) is 6.04 Å². The zero-order chi connectivity index (χ0) is 13.4. The topological polar surface area (TPSA) is 51.0 Å². The van der Waals surface area contributed by atoms with E-state index in [9.17, 15) is 0 Å². The molecule has 0 aliphatic carbocycles. The smallest absolute Gasteiger partial charge is 0.231 e. The zero-order valence-corrected chi connectivity index (χ0v) is 12.7. The van der Waals surface area contributed by atoms with E-state index >= 15 is 0 Å². The molecule has 2 atom stereocenters. The van der Waals surface area contributed by atoms with Crippen molar-refractivity contribution in [2.24, 2.45) is 0 Å². The summed E-state index contributed by atoms with van der Waals surface area (Å²) in [5.41, 5.74) is 0. The molecule has 0 spiro atoms. The molecular weight excluding hydrogens is 246 g/mol. The Hall–Kier alpha value is -0.550. The second-order valence-corrected chi connectivity index (χ2v) is 5.72. The van der Waals surface area contributed by atoms with Crippen molar-refractivity contribution in [1.29, 1.82) is 0 Å². The third-order valence-corrected chi connectivity index (χ3v) is 3.88. The van der Waals surface area contributed by atoms with Crippen LogP contribution in [0, 0.1) is 0 Å². The van der Waals surface area contributed by atoms with Crippen LogP contribution in [0.3, 0.4) is 0 Å². The van der Waals surface area contributed by atoms with Crippen molar-refractivity contribution in [3.05, 3.63) is 11.7 Å². The summed E-state index contributed by atoms with van der Waals surface area (Å²) in [7, 11) is 0. The molecular formula is C13H25N3OS. The van der Waals surface area contributed by atoms with Gasteiger partial charge < -0.3 is 9.84 Å². The van der Waals surface area contributed by atoms with Crippen LogP contribution in [0.1, 0.15) is 58.2 Å². The molecule has 0 aliphatic heterocycles. The van der Waals surface area contributed by atoms with Crippen molar-refractivity contribution < 1.29 is 4.52 Å². The Morgan fingerprint density at radius 3 is 2.72 bits per heavy atom. The van der Waals surface area contributed by atoms with Gasteiger partial charge in [0.05, 0.1) is 11.7 Å². The summed E-state index contributed by atoms with van der Waals surface area (Å²) < 4.78 is 5.37. The highest BCUT2D eigenvalue weighted by Gasteiger charge is 2.22. The SMILES string of the molecule is CCCNC(CC)C(C)c1nc(CSCC)no1. The molecule has 0 saturated heterocycles. The summed E-state index contributed by atoms with van der Waals surface area (Å²) in [6, 6.07) is 0.414. The average Bonchev–Trinajstić information content (AvgIpc) is 2.85. The number of nitrogens with zero attached hydrogens (tertiary/aromatic N) is 2. The first-order valence-corrected chi connectivity index (χ1v) is 8.01. The third-order valence-electron chi connectivity index (χ3n) is 3.01. The molecule has 104 valence electrons. The van der Waals surface area contributed by atoms with Gasteiger partial charge in [0.15, 0.2) is 5.82 Å². The van der Waals surface area contributed by atoms with Crippen LogP contribution in [0.25, 0.3) is 0 Å². The number of hydrogen-bond donors (Lipinski definition) is 1. The second kappa shape index (κ2) is 8.53. The standard InChI is InChI=1S/C13H25N3OS/c1-5-8-14-11(6-2)10(4)13-15-12(16-17-13)9-18-7-3/h10-11,14H,5-9H2,1-4H3. The second-order valence-electron chi connectivity index (χ2n) is 4.44. The lowest BCUT2D eigenvalue weighted by molar-refractivity contribution is 0.318. The maximum atomic E-state index is 5.37. The molecule has 4 nitrogen and oxygen atoms in total. The molecule has 1 rings (SSSR count). The zero-order valence-electron chi connectivity index (χ0n) is 11.9. The Morgan fingerprint density at radius 1 is 1.33 bits per heavy atom. The number of aromatic nitrogens is 2. The third kappa shape index (κ3) is 4.61. The Kier molecular flexibility index (Phi) is 7.35. The van der Waals surface area contributed by atoms with Crippen LogP contribution in [0.4, 0.5) is 0 Å². The Balaban J connectivity index is 2.57. The van der Waals surface area contributed by atoms with Gasteiger partial charge in [-0.15, -0.1) is 0 Å². The summed E-state index contributed by atoms with van der Waals surface area (Å²) in [5, 5.41) is 7.57. The van der Waals surface area contributed by atoms with E-state index in [0.717, 1.165) is 42.6 Å². The van der Waals surface area contributed by atoms with Crippen molar-refractivity contribution in [2.45, 2.75) is 58.2 Å². The molecule has 1 N–H and O–H groups in total. The quantitative estimate of drug-likeness (QED) is 0.747. The van der Waals surface area contributed by atoms with Gasteiger partial charge in [0.1, 0.15) is 0 Å². The van der Waals surface area contributed by atoms with Crippen molar-refractivity contribution in [1.82, 2.24) is 15.5 Å². The Labute approximate surface area is 114 Å². The average molecular weight is 271 g/mol. The van der Waals surface area contributed by atoms with Crippen molar-refractivity contribution >= 4 is 11.8 Å². The molecule has 1 aromatic heterocycles. The monoisotopic (exact) mass is 271 g/mol. The molecule has 0 saturated carbocycles. The van der Waals surface area contributed by atoms with Crippen LogP contribution < -0.4 is 5.32 Å². The Bertz CT molecular complexity index is 330. The molecule has 0 aliphatic rings. The minimum Gasteiger partial charge on any atom is -0.339 e. The summed E-state index contributed by atoms with van der Waals surface area (Å²) >= 11 is 1.81. The van der Waals surface area contributed by atoms with Gasteiger partial charge >= 0.3 is 0 Å². The number of thioether (sulfide) groups is 1. The van der Waals surface area contributed by atoms with Gasteiger partial charge in [0.2, 0.25) is 5.89 Å². The van der Waals surface area contributed by atoms with Crippen LogP contribution in [0.2, 0.25) is 0 Å². The van der Waals surface area contributed by atoms with Gasteiger partial charge in [0.25, 0.3) is 0 Å². The highest BCUT2D eigenvalue weighted by molar-refractivity contribution is 7.98. The van der Waals surface area contributed by atoms with E-state index in [2.05, 4.69) is 43.2 Å². The normalized spacial score (nSPS) is 14.7. The first-order valence-electron chi connectivity index (χ1n) is 6.86. The van der Waals surface area contributed by atoms with Gasteiger partial charge in [-0.1, -0.05) is 32.9 Å². The first kappa shape index (κ1) is 15.5. The maximum absolute atomic E-state index is 5.37. The van der Waals surface area contributed by atoms with Gasteiger partial charge in [-0.05, 0) is 25.1 Å². The molecule has 1 heterocycles. The lowest BCUT2D eigenvalue weighted by Gasteiger charge is -2.20. The number of nitrogens with one attached hydrogen (secondary N) is 1. The van der Waals surface area contributed by atoms with E-state index in [4.69, 9.17) is 4.52 Å². The van der Waals surface area contributed by atoms with Crippen LogP contribution in [0.15, 0.2) is 4.52 Å². The molecule has 0 aromatic carbocycles. The lowest BCUT2D eigenvalue weighted by Crippen LogP contribution is -2.33. The summed E-state index contributed by atoms with van der Waals surface area (Å²) in [6.45, 7) is 9.69. The van der Waals surface area contributed by atoms with Gasteiger partial charge in [0, 0.05) is 6.04 Å². The molecule has 0 radical (unpaired) electrons. The molecule has 5 heteroatoms. The Morgan fingerprint density at radius 2 is 2.11 bits per heavy atom. The fourth-order valence-electron chi connectivity index (χ4n) is 1.88. The van der Waals surface area contributed by atoms with Crippen LogP contribution >= 0.6 is 11.8 Å². The lowest BCUT2D eigenvalue weighted by atomic mass is 9.99. The first-order chi connectivity index (χ1) is 8.72. The summed E-state index contributed by atoms with van der Waals surface area (Å²) in [4.78, 5) is 4.49. The molecule has 0 fully saturated rings. The van der Waals surface area contributed by atoms with Gasteiger partial charge in [-0.25, -0.2) is 0 Å². The van der Waals surface area contributed by atoms with E-state index in [-0.39, 0.29) is 5.92 Å². The number of rotatable bonds is 9.